The van der Waals surface area contributed by atoms with Gasteiger partial charge in [-0.25, -0.2) is 0 Å². The van der Waals surface area contributed by atoms with Crippen LogP contribution < -0.4 is 9.80 Å². The van der Waals surface area contributed by atoms with Crippen molar-refractivity contribution in [2.75, 3.05) is 9.80 Å². The van der Waals surface area contributed by atoms with Crippen molar-refractivity contribution < 1.29 is 0 Å². The molecule has 0 saturated carbocycles. The molecule has 0 amide bonds. The monoisotopic (exact) mass is 1020 g/mol. The number of fused-ring (bicyclic) bond motifs is 5. The summed E-state index contributed by atoms with van der Waals surface area (Å²) in [5.41, 5.74) is 16.0. The molecule has 0 unspecified atom stereocenters. The predicted molar refractivity (Wildman–Crippen MR) is 345 cm³/mol. The first kappa shape index (κ1) is 47.9. The van der Waals surface area contributed by atoms with E-state index < -0.39 is 0 Å². The van der Waals surface area contributed by atoms with Crippen molar-refractivity contribution in [3.63, 3.8) is 0 Å². The molecule has 0 aliphatic rings. The number of nitrogens with zero attached hydrogens (tertiary/aromatic N) is 2. The summed E-state index contributed by atoms with van der Waals surface area (Å²) < 4.78 is 0. The van der Waals surface area contributed by atoms with E-state index in [4.69, 9.17) is 0 Å². The van der Waals surface area contributed by atoms with Gasteiger partial charge in [0.05, 0.1) is 11.4 Å². The van der Waals surface area contributed by atoms with Crippen molar-refractivity contribution >= 4 is 112 Å². The normalized spacial score (nSPS) is 11.7. The molecule has 0 heterocycles. The summed E-state index contributed by atoms with van der Waals surface area (Å²) in [5, 5.41) is 12.1. The molecule has 0 N–H and O–H groups in total. The Kier molecular flexibility index (Phi) is 12.6. The summed E-state index contributed by atoms with van der Waals surface area (Å²) in [4.78, 5) is 4.79. The maximum Gasteiger partial charge on any atom is 0.0540 e. The van der Waals surface area contributed by atoms with E-state index in [1.54, 1.807) is 0 Å². The lowest BCUT2D eigenvalue weighted by molar-refractivity contribution is 1.30. The Morgan fingerprint density at radius 2 is 0.487 bits per heavy atom. The molecule has 0 saturated heterocycles. The number of anilines is 6. The fraction of sp³-hybridized carbons (Fsp3) is 0. The Hall–Kier alpha value is -10.5. The molecule has 0 spiro atoms. The van der Waals surface area contributed by atoms with Crippen LogP contribution in [0, 0.1) is 0 Å². The van der Waals surface area contributed by atoms with Gasteiger partial charge >= 0.3 is 0 Å². The molecule has 14 aromatic carbocycles. The first-order chi connectivity index (χ1) is 39.7. The molecular weight excluding hydrogens is 965 g/mol. The van der Waals surface area contributed by atoms with E-state index in [-0.39, 0.29) is 0 Å². The highest BCUT2D eigenvalue weighted by molar-refractivity contribution is 6.23. The zero-order valence-electron chi connectivity index (χ0n) is 44.1. The summed E-state index contributed by atoms with van der Waals surface area (Å²) in [6, 6.07) is 110. The highest BCUT2D eigenvalue weighted by Crippen LogP contribution is 2.48. The van der Waals surface area contributed by atoms with Gasteiger partial charge in [-0.15, -0.1) is 0 Å². The van der Waals surface area contributed by atoms with Gasteiger partial charge in [0.25, 0.3) is 0 Å². The van der Waals surface area contributed by atoms with Crippen LogP contribution in [0.25, 0.3) is 100 Å². The molecule has 14 rings (SSSR count). The van der Waals surface area contributed by atoms with Crippen molar-refractivity contribution in [3.05, 3.63) is 326 Å². The fourth-order valence-corrected chi connectivity index (χ4v) is 11.7. The van der Waals surface area contributed by atoms with Crippen LogP contribution in [0.1, 0.15) is 22.3 Å². The van der Waals surface area contributed by atoms with Gasteiger partial charge < -0.3 is 9.80 Å². The summed E-state index contributed by atoms with van der Waals surface area (Å²) in [5.74, 6) is 0. The van der Waals surface area contributed by atoms with Crippen LogP contribution in [-0.4, -0.2) is 0 Å². The second-order valence-electron chi connectivity index (χ2n) is 20.5. The van der Waals surface area contributed by atoms with Crippen LogP contribution in [-0.2, 0) is 0 Å². The number of rotatable bonds is 12. The summed E-state index contributed by atoms with van der Waals surface area (Å²) in [6.07, 6.45) is 8.71. The van der Waals surface area contributed by atoms with Crippen LogP contribution in [0.15, 0.2) is 303 Å². The SMILES string of the molecule is C(=C\c1ccc(N(c2ccc(-c3c4ccccc4c(-c4ccc(N(c5ccc(/C=C/c6ccccc6)cc5)c5cccc6ccccc56)cc4)c4cc5ccccc5cc34)cc2)c2cccc3ccccc23)cc1)/c1ccccc1. The maximum atomic E-state index is 2.41. The molecule has 0 aliphatic heterocycles. The van der Waals surface area contributed by atoms with Gasteiger partial charge in [-0.2, -0.15) is 0 Å². The molecule has 80 heavy (non-hydrogen) atoms. The zero-order valence-corrected chi connectivity index (χ0v) is 44.1. The highest BCUT2D eigenvalue weighted by Gasteiger charge is 2.21. The quantitative estimate of drug-likeness (QED) is 0.0889. The Labute approximate surface area is 467 Å². The van der Waals surface area contributed by atoms with Crippen molar-refractivity contribution in [3.8, 4) is 22.3 Å². The second kappa shape index (κ2) is 21.1. The third-order valence-electron chi connectivity index (χ3n) is 15.6. The van der Waals surface area contributed by atoms with Gasteiger partial charge in [-0.1, -0.05) is 255 Å². The standard InChI is InChI=1S/C78H54N2/c1-3-17-55(18-4-1)33-35-57-37-45-65(46-38-57)79(75-31-15-25-59-21-9-11-27-69(59)75)67-49-41-61(42-50-67)77-71-29-13-14-30-72(71)78(74-54-64-24-8-7-23-63(64)53-73(74)77)62-43-51-68(52-44-62)80(76-32-16-26-60-22-10-12-28-70(60)76)66-47-39-58(40-48-66)36-34-56-19-5-2-6-20-56/h1-54H/b35-33+,36-34+. The molecule has 2 nitrogen and oxygen atoms in total. The van der Waals surface area contributed by atoms with Crippen LogP contribution in [0.3, 0.4) is 0 Å². The fourth-order valence-electron chi connectivity index (χ4n) is 11.7. The second-order valence-corrected chi connectivity index (χ2v) is 20.5. The van der Waals surface area contributed by atoms with Crippen LogP contribution >= 0.6 is 0 Å². The van der Waals surface area contributed by atoms with E-state index in [1.807, 2.05) is 0 Å². The minimum atomic E-state index is 1.09. The molecule has 0 aliphatic carbocycles. The van der Waals surface area contributed by atoms with E-state index >= 15 is 0 Å². The topological polar surface area (TPSA) is 6.48 Å². The Morgan fingerprint density at radius 3 is 0.863 bits per heavy atom. The molecule has 0 aromatic heterocycles. The largest absolute Gasteiger partial charge is 0.310 e. The zero-order chi connectivity index (χ0) is 53.2. The molecule has 0 radical (unpaired) electrons. The smallest absolute Gasteiger partial charge is 0.0540 e. The summed E-state index contributed by atoms with van der Waals surface area (Å²) >= 11 is 0. The average molecular weight is 1020 g/mol. The van der Waals surface area contributed by atoms with Gasteiger partial charge in [0.1, 0.15) is 0 Å². The molecule has 0 atom stereocenters. The lowest BCUT2D eigenvalue weighted by Crippen LogP contribution is -2.10. The maximum absolute atomic E-state index is 2.41. The van der Waals surface area contributed by atoms with Gasteiger partial charge in [0.15, 0.2) is 0 Å². The first-order valence-corrected chi connectivity index (χ1v) is 27.5. The lowest BCUT2D eigenvalue weighted by atomic mass is 9.85. The third kappa shape index (κ3) is 9.25. The number of hydrogen-bond acceptors (Lipinski definition) is 2. The summed E-state index contributed by atoms with van der Waals surface area (Å²) in [6.45, 7) is 0. The van der Waals surface area contributed by atoms with Crippen molar-refractivity contribution in [1.82, 2.24) is 0 Å². The lowest BCUT2D eigenvalue weighted by Gasteiger charge is -2.27. The van der Waals surface area contributed by atoms with Gasteiger partial charge in [0.2, 0.25) is 0 Å². The Morgan fingerprint density at radius 1 is 0.200 bits per heavy atom. The van der Waals surface area contributed by atoms with Crippen LogP contribution in [0.5, 0.6) is 0 Å². The van der Waals surface area contributed by atoms with Crippen molar-refractivity contribution in [2.45, 2.75) is 0 Å². The summed E-state index contributed by atoms with van der Waals surface area (Å²) in [7, 11) is 0. The van der Waals surface area contributed by atoms with Crippen LogP contribution in [0.4, 0.5) is 34.1 Å². The van der Waals surface area contributed by atoms with Gasteiger partial charge in [0, 0.05) is 33.5 Å². The predicted octanol–water partition coefficient (Wildman–Crippen LogP) is 22.1. The Balaban J connectivity index is 0.880. The van der Waals surface area contributed by atoms with E-state index in [2.05, 4.69) is 337 Å². The molecule has 0 bridgehead atoms. The molecular formula is C78H54N2. The minimum absolute atomic E-state index is 1.09. The first-order valence-electron chi connectivity index (χ1n) is 27.5. The molecule has 14 aromatic rings. The number of hydrogen-bond donors (Lipinski definition) is 0. The Bertz CT molecular complexity index is 4290. The van der Waals surface area contributed by atoms with Gasteiger partial charge in [-0.05, 0) is 160 Å². The van der Waals surface area contributed by atoms with E-state index in [1.165, 1.54) is 87.2 Å². The molecule has 376 valence electrons. The van der Waals surface area contributed by atoms with Crippen LogP contribution in [0.2, 0.25) is 0 Å². The van der Waals surface area contributed by atoms with E-state index in [0.717, 1.165) is 45.3 Å². The third-order valence-corrected chi connectivity index (χ3v) is 15.6. The van der Waals surface area contributed by atoms with Crippen molar-refractivity contribution in [1.29, 1.82) is 0 Å². The van der Waals surface area contributed by atoms with E-state index in [0.29, 0.717) is 0 Å². The molecule has 2 heteroatoms. The van der Waals surface area contributed by atoms with Crippen molar-refractivity contribution in [2.24, 2.45) is 0 Å². The average Bonchev–Trinajstić information content (AvgIpc) is 3.56. The number of benzene rings is 14. The van der Waals surface area contributed by atoms with E-state index in [9.17, 15) is 0 Å². The highest BCUT2D eigenvalue weighted by atomic mass is 15.1. The molecule has 0 fully saturated rings. The minimum Gasteiger partial charge on any atom is -0.310 e. The van der Waals surface area contributed by atoms with Gasteiger partial charge in [-0.3, -0.25) is 0 Å².